The van der Waals surface area contributed by atoms with E-state index in [2.05, 4.69) is 26.2 Å². The summed E-state index contributed by atoms with van der Waals surface area (Å²) >= 11 is 0. The van der Waals surface area contributed by atoms with Crippen LogP contribution in [0.5, 0.6) is 0 Å². The van der Waals surface area contributed by atoms with Crippen molar-refractivity contribution in [2.24, 2.45) is 7.05 Å². The zero-order valence-electron chi connectivity index (χ0n) is 10.00. The van der Waals surface area contributed by atoms with Gasteiger partial charge in [-0.3, -0.25) is 4.79 Å². The van der Waals surface area contributed by atoms with Crippen molar-refractivity contribution in [2.45, 2.75) is 6.54 Å². The normalized spacial score (nSPS) is 10.1. The average molecular weight is 246 g/mol. The van der Waals surface area contributed by atoms with E-state index >= 15 is 0 Å². The molecule has 18 heavy (non-hydrogen) atoms. The summed E-state index contributed by atoms with van der Waals surface area (Å²) < 4.78 is 1.46. The van der Waals surface area contributed by atoms with Crippen molar-refractivity contribution < 1.29 is 4.79 Å². The number of hydrogen-bond acceptors (Lipinski definition) is 5. The quantitative estimate of drug-likeness (QED) is 0.772. The SMILES string of the molecule is Cn1nnnc1NCC(=O)NCc1ccccc1. The predicted molar refractivity (Wildman–Crippen MR) is 65.6 cm³/mol. The van der Waals surface area contributed by atoms with Gasteiger partial charge < -0.3 is 10.6 Å². The van der Waals surface area contributed by atoms with Crippen molar-refractivity contribution in [3.05, 3.63) is 35.9 Å². The Morgan fingerprint density at radius 1 is 1.33 bits per heavy atom. The van der Waals surface area contributed by atoms with Gasteiger partial charge in [-0.05, 0) is 16.0 Å². The standard InChI is InChI=1S/C11H14N6O/c1-17-11(14-15-16-17)13-8-10(18)12-7-9-5-3-2-4-6-9/h2-6H,7-8H2,1H3,(H,12,18)(H,13,14,16). The maximum absolute atomic E-state index is 11.6. The van der Waals surface area contributed by atoms with Crippen molar-refractivity contribution in [1.29, 1.82) is 0 Å². The Kier molecular flexibility index (Phi) is 3.85. The number of nitrogens with one attached hydrogen (secondary N) is 2. The van der Waals surface area contributed by atoms with E-state index in [-0.39, 0.29) is 12.5 Å². The highest BCUT2D eigenvalue weighted by molar-refractivity contribution is 5.80. The molecule has 0 radical (unpaired) electrons. The van der Waals surface area contributed by atoms with Crippen LogP contribution in [-0.2, 0) is 18.4 Å². The molecule has 2 aromatic rings. The van der Waals surface area contributed by atoms with Crippen LogP contribution in [0.4, 0.5) is 5.95 Å². The highest BCUT2D eigenvalue weighted by atomic mass is 16.1. The van der Waals surface area contributed by atoms with Crippen molar-refractivity contribution in [1.82, 2.24) is 25.5 Å². The molecule has 7 heteroatoms. The molecule has 2 N–H and O–H groups in total. The zero-order chi connectivity index (χ0) is 12.8. The maximum atomic E-state index is 11.6. The summed E-state index contributed by atoms with van der Waals surface area (Å²) in [6.45, 7) is 0.652. The Morgan fingerprint density at radius 3 is 2.78 bits per heavy atom. The molecule has 0 bridgehead atoms. The molecule has 0 atom stereocenters. The topological polar surface area (TPSA) is 84.7 Å². The molecule has 0 saturated heterocycles. The van der Waals surface area contributed by atoms with Crippen molar-refractivity contribution in [3.63, 3.8) is 0 Å². The van der Waals surface area contributed by atoms with E-state index in [1.165, 1.54) is 4.68 Å². The Hall–Kier alpha value is -2.44. The molecular weight excluding hydrogens is 232 g/mol. The lowest BCUT2D eigenvalue weighted by Gasteiger charge is -2.06. The largest absolute Gasteiger partial charge is 0.350 e. The minimum Gasteiger partial charge on any atom is -0.350 e. The second-order valence-electron chi connectivity index (χ2n) is 3.74. The van der Waals surface area contributed by atoms with Crippen LogP contribution in [0.15, 0.2) is 30.3 Å². The number of rotatable bonds is 5. The Bertz CT molecular complexity index is 509. The molecule has 0 aliphatic carbocycles. The number of aryl methyl sites for hydroxylation is 1. The van der Waals surface area contributed by atoms with E-state index in [0.29, 0.717) is 12.5 Å². The third-order valence-electron chi connectivity index (χ3n) is 2.36. The lowest BCUT2D eigenvalue weighted by atomic mass is 10.2. The molecule has 1 amide bonds. The predicted octanol–water partition coefficient (Wildman–Crippen LogP) is -0.0616. The minimum atomic E-state index is -0.109. The molecule has 7 nitrogen and oxygen atoms in total. The van der Waals surface area contributed by atoms with E-state index in [0.717, 1.165) is 5.56 Å². The second-order valence-corrected chi connectivity index (χ2v) is 3.74. The second kappa shape index (κ2) is 5.76. The molecule has 0 aliphatic rings. The van der Waals surface area contributed by atoms with Crippen LogP contribution in [0.1, 0.15) is 5.56 Å². The number of carbonyl (C=O) groups excluding carboxylic acids is 1. The summed E-state index contributed by atoms with van der Waals surface area (Å²) in [4.78, 5) is 11.6. The molecular formula is C11H14N6O. The van der Waals surface area contributed by atoms with Crippen molar-refractivity contribution in [3.8, 4) is 0 Å². The fraction of sp³-hybridized carbons (Fsp3) is 0.273. The third kappa shape index (κ3) is 3.27. The molecule has 0 spiro atoms. The van der Waals surface area contributed by atoms with Crippen LogP contribution in [0.2, 0.25) is 0 Å². The summed E-state index contributed by atoms with van der Waals surface area (Å²) in [6.07, 6.45) is 0. The molecule has 2 rings (SSSR count). The number of carbonyl (C=O) groups is 1. The van der Waals surface area contributed by atoms with E-state index in [1.54, 1.807) is 7.05 Å². The van der Waals surface area contributed by atoms with Crippen LogP contribution < -0.4 is 10.6 Å². The highest BCUT2D eigenvalue weighted by Crippen LogP contribution is 1.97. The summed E-state index contributed by atoms with van der Waals surface area (Å²) in [6, 6.07) is 9.73. The van der Waals surface area contributed by atoms with Crippen LogP contribution in [0.3, 0.4) is 0 Å². The van der Waals surface area contributed by atoms with Gasteiger partial charge in [-0.15, -0.1) is 0 Å². The number of hydrogen-bond donors (Lipinski definition) is 2. The first kappa shape index (κ1) is 12.0. The molecule has 1 heterocycles. The minimum absolute atomic E-state index is 0.109. The smallest absolute Gasteiger partial charge is 0.243 e. The van der Waals surface area contributed by atoms with Gasteiger partial charge in [0.2, 0.25) is 11.9 Å². The first-order valence-electron chi connectivity index (χ1n) is 5.52. The molecule has 0 aliphatic heterocycles. The Labute approximate surface area is 104 Å². The van der Waals surface area contributed by atoms with Gasteiger partial charge in [0.1, 0.15) is 0 Å². The van der Waals surface area contributed by atoms with Crippen molar-refractivity contribution >= 4 is 11.9 Å². The molecule has 1 aromatic heterocycles. The van der Waals surface area contributed by atoms with E-state index < -0.39 is 0 Å². The van der Waals surface area contributed by atoms with E-state index in [4.69, 9.17) is 0 Å². The number of anilines is 1. The summed E-state index contributed by atoms with van der Waals surface area (Å²) in [7, 11) is 1.70. The van der Waals surface area contributed by atoms with Crippen LogP contribution in [0.25, 0.3) is 0 Å². The molecule has 0 unspecified atom stereocenters. The molecule has 1 aromatic carbocycles. The molecule has 94 valence electrons. The summed E-state index contributed by atoms with van der Waals surface area (Å²) in [5.74, 6) is 0.353. The van der Waals surface area contributed by atoms with E-state index in [9.17, 15) is 4.79 Å². The monoisotopic (exact) mass is 246 g/mol. The first-order valence-corrected chi connectivity index (χ1v) is 5.52. The van der Waals surface area contributed by atoms with Gasteiger partial charge in [0.25, 0.3) is 0 Å². The zero-order valence-corrected chi connectivity index (χ0v) is 10.00. The van der Waals surface area contributed by atoms with Gasteiger partial charge in [0.05, 0.1) is 6.54 Å². The number of benzene rings is 1. The fourth-order valence-corrected chi connectivity index (χ4v) is 1.40. The average Bonchev–Trinajstić information content (AvgIpc) is 2.81. The third-order valence-corrected chi connectivity index (χ3v) is 2.36. The van der Waals surface area contributed by atoms with E-state index in [1.807, 2.05) is 30.3 Å². The fourth-order valence-electron chi connectivity index (χ4n) is 1.40. The van der Waals surface area contributed by atoms with Gasteiger partial charge in [0.15, 0.2) is 0 Å². The lowest BCUT2D eigenvalue weighted by Crippen LogP contribution is -2.30. The molecule has 0 fully saturated rings. The van der Waals surface area contributed by atoms with Gasteiger partial charge in [-0.1, -0.05) is 35.4 Å². The van der Waals surface area contributed by atoms with Crippen LogP contribution in [0, 0.1) is 0 Å². The number of amides is 1. The summed E-state index contributed by atoms with van der Waals surface area (Å²) in [5, 5.41) is 16.5. The number of nitrogens with zero attached hydrogens (tertiary/aromatic N) is 4. The summed E-state index contributed by atoms with van der Waals surface area (Å²) in [5.41, 5.74) is 1.06. The Balaban J connectivity index is 1.75. The van der Waals surface area contributed by atoms with Gasteiger partial charge >= 0.3 is 0 Å². The van der Waals surface area contributed by atoms with Gasteiger partial charge in [0, 0.05) is 13.6 Å². The van der Waals surface area contributed by atoms with Crippen LogP contribution in [-0.4, -0.2) is 32.7 Å². The highest BCUT2D eigenvalue weighted by Gasteiger charge is 2.04. The van der Waals surface area contributed by atoms with Gasteiger partial charge in [-0.25, -0.2) is 4.68 Å². The number of aromatic nitrogens is 4. The Morgan fingerprint density at radius 2 is 2.11 bits per heavy atom. The molecule has 0 saturated carbocycles. The first-order chi connectivity index (χ1) is 8.75. The van der Waals surface area contributed by atoms with Crippen LogP contribution >= 0.6 is 0 Å². The van der Waals surface area contributed by atoms with Gasteiger partial charge in [-0.2, -0.15) is 0 Å². The number of tetrazole rings is 1. The lowest BCUT2D eigenvalue weighted by molar-refractivity contribution is -0.119. The van der Waals surface area contributed by atoms with Crippen molar-refractivity contribution in [2.75, 3.05) is 11.9 Å². The maximum Gasteiger partial charge on any atom is 0.243 e.